The van der Waals surface area contributed by atoms with Crippen LogP contribution in [0.25, 0.3) is 0 Å². The first-order valence-corrected chi connectivity index (χ1v) is 5.91. The van der Waals surface area contributed by atoms with Gasteiger partial charge in [-0.1, -0.05) is 29.8 Å². The van der Waals surface area contributed by atoms with E-state index in [1.807, 2.05) is 6.92 Å². The molecule has 0 spiro atoms. The van der Waals surface area contributed by atoms with Crippen molar-refractivity contribution in [2.75, 3.05) is 0 Å². The first-order chi connectivity index (χ1) is 6.59. The van der Waals surface area contributed by atoms with Crippen LogP contribution in [-0.4, -0.2) is 14.8 Å². The molecule has 1 aromatic heterocycles. The maximum absolute atomic E-state index is 4.33. The van der Waals surface area contributed by atoms with Crippen LogP contribution in [0.2, 0.25) is 0 Å². The van der Waals surface area contributed by atoms with Gasteiger partial charge in [0.15, 0.2) is 0 Å². The molecule has 0 aliphatic heterocycles. The van der Waals surface area contributed by atoms with Crippen LogP contribution in [-0.2, 0) is 6.42 Å². The van der Waals surface area contributed by atoms with E-state index in [-0.39, 0.29) is 0 Å². The van der Waals surface area contributed by atoms with E-state index in [2.05, 4.69) is 39.7 Å². The lowest BCUT2D eigenvalue weighted by molar-refractivity contribution is 0.567. The summed E-state index contributed by atoms with van der Waals surface area (Å²) in [5.41, 5.74) is 2.15. The average molecular weight is 257 g/mol. The molecule has 1 aromatic rings. The van der Waals surface area contributed by atoms with Gasteiger partial charge in [-0.15, -0.1) is 0 Å². The maximum Gasteiger partial charge on any atom is 0.0626 e. The summed E-state index contributed by atoms with van der Waals surface area (Å²) in [5, 5.41) is 0. The largest absolute Gasteiger partial charge is 0.258 e. The van der Waals surface area contributed by atoms with Gasteiger partial charge in [0.1, 0.15) is 0 Å². The summed E-state index contributed by atoms with van der Waals surface area (Å²) in [6, 6.07) is 0. The van der Waals surface area contributed by atoms with Crippen molar-refractivity contribution in [2.24, 2.45) is 5.92 Å². The van der Waals surface area contributed by atoms with Gasteiger partial charge in [-0.25, -0.2) is 0 Å². The first-order valence-electron chi connectivity index (χ1n) is 5.00. The average Bonchev–Trinajstić information content (AvgIpc) is 2.07. The minimum atomic E-state index is 0.512. The number of alkyl halides is 1. The second-order valence-corrected chi connectivity index (χ2v) is 5.31. The van der Waals surface area contributed by atoms with Crippen molar-refractivity contribution in [3.05, 3.63) is 23.8 Å². The van der Waals surface area contributed by atoms with E-state index >= 15 is 0 Å². The van der Waals surface area contributed by atoms with E-state index in [9.17, 15) is 0 Å². The Morgan fingerprint density at radius 2 is 1.93 bits per heavy atom. The van der Waals surface area contributed by atoms with E-state index < -0.39 is 0 Å². The lowest BCUT2D eigenvalue weighted by Crippen LogP contribution is -2.09. The Bertz CT molecular complexity index is 286. The predicted molar refractivity (Wildman–Crippen MR) is 62.6 cm³/mol. The highest BCUT2D eigenvalue weighted by molar-refractivity contribution is 9.09. The van der Waals surface area contributed by atoms with Crippen molar-refractivity contribution in [3.63, 3.8) is 0 Å². The lowest BCUT2D eigenvalue weighted by Gasteiger charge is -2.12. The number of hydrogen-bond donors (Lipinski definition) is 0. The third-order valence-corrected chi connectivity index (χ3v) is 2.82. The zero-order valence-corrected chi connectivity index (χ0v) is 10.6. The Hall–Kier alpha value is -0.440. The fraction of sp³-hybridized carbons (Fsp3) is 0.636. The molecule has 0 bridgehead atoms. The molecular weight excluding hydrogens is 240 g/mol. The second kappa shape index (κ2) is 5.44. The Kier molecular flexibility index (Phi) is 4.52. The quantitative estimate of drug-likeness (QED) is 0.774. The van der Waals surface area contributed by atoms with Gasteiger partial charge in [-0.2, -0.15) is 0 Å². The van der Waals surface area contributed by atoms with E-state index in [4.69, 9.17) is 0 Å². The molecule has 0 saturated carbocycles. The molecule has 0 amide bonds. The van der Waals surface area contributed by atoms with E-state index in [1.54, 1.807) is 12.4 Å². The molecule has 78 valence electrons. The number of hydrogen-bond acceptors (Lipinski definition) is 2. The van der Waals surface area contributed by atoms with Gasteiger partial charge in [0, 0.05) is 23.6 Å². The molecule has 0 saturated heterocycles. The topological polar surface area (TPSA) is 25.8 Å². The van der Waals surface area contributed by atoms with Crippen molar-refractivity contribution in [2.45, 2.75) is 38.4 Å². The SMILES string of the molecule is Cc1nccnc1CC(Br)CC(C)C. The molecule has 14 heavy (non-hydrogen) atoms. The number of aromatic nitrogens is 2. The number of nitrogens with zero attached hydrogens (tertiary/aromatic N) is 2. The molecule has 0 radical (unpaired) electrons. The molecule has 2 nitrogen and oxygen atoms in total. The smallest absolute Gasteiger partial charge is 0.0626 e. The molecule has 1 unspecified atom stereocenters. The predicted octanol–water partition coefficient (Wildman–Crippen LogP) is 3.14. The maximum atomic E-state index is 4.33. The van der Waals surface area contributed by atoms with Crippen molar-refractivity contribution in [1.82, 2.24) is 9.97 Å². The zero-order chi connectivity index (χ0) is 10.6. The van der Waals surface area contributed by atoms with Gasteiger partial charge in [-0.05, 0) is 19.3 Å². The Labute approximate surface area is 94.3 Å². The van der Waals surface area contributed by atoms with Crippen molar-refractivity contribution in [1.29, 1.82) is 0 Å². The minimum Gasteiger partial charge on any atom is -0.258 e. The van der Waals surface area contributed by atoms with Gasteiger partial charge >= 0.3 is 0 Å². The molecule has 3 heteroatoms. The molecule has 0 aliphatic carbocycles. The first kappa shape index (κ1) is 11.6. The van der Waals surface area contributed by atoms with Gasteiger partial charge in [0.05, 0.1) is 11.4 Å². The van der Waals surface area contributed by atoms with Crippen LogP contribution in [0.1, 0.15) is 31.7 Å². The monoisotopic (exact) mass is 256 g/mol. The molecule has 0 N–H and O–H groups in total. The summed E-state index contributed by atoms with van der Waals surface area (Å²) >= 11 is 3.68. The van der Waals surface area contributed by atoms with Gasteiger partial charge in [0.2, 0.25) is 0 Å². The van der Waals surface area contributed by atoms with Crippen LogP contribution < -0.4 is 0 Å². The van der Waals surface area contributed by atoms with E-state index in [0.717, 1.165) is 23.7 Å². The van der Waals surface area contributed by atoms with Crippen molar-refractivity contribution in [3.8, 4) is 0 Å². The van der Waals surface area contributed by atoms with Crippen LogP contribution in [0, 0.1) is 12.8 Å². The number of rotatable bonds is 4. The van der Waals surface area contributed by atoms with Crippen molar-refractivity contribution >= 4 is 15.9 Å². The molecule has 0 aromatic carbocycles. The third-order valence-electron chi connectivity index (χ3n) is 2.12. The fourth-order valence-corrected chi connectivity index (χ4v) is 2.50. The summed E-state index contributed by atoms with van der Waals surface area (Å²) in [6.45, 7) is 6.48. The van der Waals surface area contributed by atoms with Gasteiger partial charge in [-0.3, -0.25) is 9.97 Å². The summed E-state index contributed by atoms with van der Waals surface area (Å²) in [4.78, 5) is 9.07. The number of halogens is 1. The number of aryl methyl sites for hydroxylation is 1. The highest BCUT2D eigenvalue weighted by Gasteiger charge is 2.10. The van der Waals surface area contributed by atoms with Crippen LogP contribution in [0.5, 0.6) is 0 Å². The van der Waals surface area contributed by atoms with Gasteiger partial charge in [0.25, 0.3) is 0 Å². The van der Waals surface area contributed by atoms with Crippen LogP contribution in [0.15, 0.2) is 12.4 Å². The molecule has 0 aliphatic rings. The Balaban J connectivity index is 2.56. The molecule has 1 heterocycles. The summed E-state index contributed by atoms with van der Waals surface area (Å²) in [7, 11) is 0. The summed E-state index contributed by atoms with van der Waals surface area (Å²) in [5.74, 6) is 0.719. The summed E-state index contributed by atoms with van der Waals surface area (Å²) < 4.78 is 0. The highest BCUT2D eigenvalue weighted by atomic mass is 79.9. The van der Waals surface area contributed by atoms with Crippen molar-refractivity contribution < 1.29 is 0 Å². The standard InChI is InChI=1S/C11H17BrN2/c1-8(2)6-10(12)7-11-9(3)13-4-5-14-11/h4-5,8,10H,6-7H2,1-3H3. The molecule has 0 fully saturated rings. The van der Waals surface area contributed by atoms with E-state index in [0.29, 0.717) is 4.83 Å². The Morgan fingerprint density at radius 1 is 1.29 bits per heavy atom. The molecular formula is C11H17BrN2. The van der Waals surface area contributed by atoms with Crippen LogP contribution >= 0.6 is 15.9 Å². The molecule has 1 atom stereocenters. The molecule has 1 rings (SSSR count). The fourth-order valence-electron chi connectivity index (χ4n) is 1.44. The normalized spacial score (nSPS) is 13.2. The Morgan fingerprint density at radius 3 is 2.50 bits per heavy atom. The van der Waals surface area contributed by atoms with Crippen LogP contribution in [0.3, 0.4) is 0 Å². The second-order valence-electron chi connectivity index (χ2n) is 4.02. The zero-order valence-electron chi connectivity index (χ0n) is 9.00. The van der Waals surface area contributed by atoms with Gasteiger partial charge < -0.3 is 0 Å². The van der Waals surface area contributed by atoms with E-state index in [1.165, 1.54) is 6.42 Å². The van der Waals surface area contributed by atoms with Crippen LogP contribution in [0.4, 0.5) is 0 Å². The lowest BCUT2D eigenvalue weighted by atomic mass is 10.0. The summed E-state index contributed by atoms with van der Waals surface area (Å²) in [6.07, 6.45) is 5.65. The highest BCUT2D eigenvalue weighted by Crippen LogP contribution is 2.17. The third kappa shape index (κ3) is 3.74. The minimum absolute atomic E-state index is 0.512.